The molecule has 1 N–H and O–H groups in total. The van der Waals surface area contributed by atoms with E-state index in [4.69, 9.17) is 9.47 Å². The molecule has 3 aromatic rings. The van der Waals surface area contributed by atoms with Gasteiger partial charge in [0.05, 0.1) is 6.61 Å². The zero-order chi connectivity index (χ0) is 20.2. The van der Waals surface area contributed by atoms with Gasteiger partial charge in [0.25, 0.3) is 0 Å². The molecule has 1 aliphatic rings. The van der Waals surface area contributed by atoms with Gasteiger partial charge in [-0.25, -0.2) is 0 Å². The number of aromatic amines is 1. The topological polar surface area (TPSA) is 63.7 Å². The van der Waals surface area contributed by atoms with E-state index in [1.54, 1.807) is 6.21 Å². The SMILES string of the molecule is Cc1cc(C)c(OCC(=O)CN=Cc2ccc3cc[nH]c3c2)c(C2CCOC2)c1. The third-order valence-electron chi connectivity index (χ3n) is 5.28. The minimum atomic E-state index is -0.0456. The summed E-state index contributed by atoms with van der Waals surface area (Å²) in [6.45, 7) is 5.73. The zero-order valence-corrected chi connectivity index (χ0v) is 16.9. The number of rotatable bonds is 7. The molecule has 2 aromatic carbocycles. The van der Waals surface area contributed by atoms with Crippen molar-refractivity contribution >= 4 is 22.9 Å². The van der Waals surface area contributed by atoms with Crippen molar-refractivity contribution in [2.24, 2.45) is 4.99 Å². The first kappa shape index (κ1) is 19.4. The van der Waals surface area contributed by atoms with Gasteiger partial charge in [-0.15, -0.1) is 0 Å². The number of aryl methyl sites for hydroxylation is 2. The van der Waals surface area contributed by atoms with Crippen molar-refractivity contribution < 1.29 is 14.3 Å². The van der Waals surface area contributed by atoms with Crippen LogP contribution in [0.15, 0.2) is 47.6 Å². The number of hydrogen-bond acceptors (Lipinski definition) is 4. The number of carbonyl (C=O) groups excluding carboxylic acids is 1. The van der Waals surface area contributed by atoms with Crippen LogP contribution < -0.4 is 4.74 Å². The maximum absolute atomic E-state index is 12.3. The third-order valence-corrected chi connectivity index (χ3v) is 5.28. The number of aromatic nitrogens is 1. The number of benzene rings is 2. The molecule has 0 aliphatic carbocycles. The van der Waals surface area contributed by atoms with Gasteiger partial charge in [0.15, 0.2) is 5.78 Å². The Kier molecular flexibility index (Phi) is 5.76. The number of H-pyrrole nitrogens is 1. The van der Waals surface area contributed by atoms with Gasteiger partial charge in [0, 0.05) is 36.0 Å². The molecule has 1 atom stereocenters. The zero-order valence-electron chi connectivity index (χ0n) is 16.9. The maximum Gasteiger partial charge on any atom is 0.191 e. The van der Waals surface area contributed by atoms with Crippen molar-refractivity contribution in [3.63, 3.8) is 0 Å². The first-order valence-corrected chi connectivity index (χ1v) is 10.0. The fourth-order valence-electron chi connectivity index (χ4n) is 3.86. The number of nitrogens with one attached hydrogen (secondary N) is 1. The monoisotopic (exact) mass is 390 g/mol. The van der Waals surface area contributed by atoms with Crippen LogP contribution in [0.1, 0.15) is 34.6 Å². The lowest BCUT2D eigenvalue weighted by Crippen LogP contribution is -2.16. The molecular weight excluding hydrogens is 364 g/mol. The average Bonchev–Trinajstić information content (AvgIpc) is 3.38. The Balaban J connectivity index is 1.38. The second-order valence-corrected chi connectivity index (χ2v) is 7.68. The molecule has 4 rings (SSSR count). The highest BCUT2D eigenvalue weighted by Gasteiger charge is 2.23. The first-order valence-electron chi connectivity index (χ1n) is 10.0. The molecule has 0 spiro atoms. The standard InChI is InChI=1S/C24H26N2O3/c1-16-9-17(2)24(22(10-16)20-6-8-28-14-20)29-15-21(27)13-25-12-18-3-4-19-5-7-26-23(19)11-18/h3-5,7,9-12,20,26H,6,8,13-15H2,1-2H3. The van der Waals surface area contributed by atoms with Gasteiger partial charge in [0.1, 0.15) is 18.9 Å². The predicted molar refractivity (Wildman–Crippen MR) is 115 cm³/mol. The number of carbonyl (C=O) groups is 1. The van der Waals surface area contributed by atoms with Gasteiger partial charge >= 0.3 is 0 Å². The van der Waals surface area contributed by atoms with Gasteiger partial charge in [0.2, 0.25) is 0 Å². The van der Waals surface area contributed by atoms with E-state index in [-0.39, 0.29) is 18.9 Å². The maximum atomic E-state index is 12.3. The van der Waals surface area contributed by atoms with Crippen LogP contribution in [-0.4, -0.2) is 43.3 Å². The van der Waals surface area contributed by atoms with E-state index < -0.39 is 0 Å². The Morgan fingerprint density at radius 1 is 1.28 bits per heavy atom. The number of ether oxygens (including phenoxy) is 2. The second kappa shape index (κ2) is 8.62. The van der Waals surface area contributed by atoms with Crippen molar-refractivity contribution in [3.8, 4) is 5.75 Å². The summed E-state index contributed by atoms with van der Waals surface area (Å²) < 4.78 is 11.5. The van der Waals surface area contributed by atoms with Crippen molar-refractivity contribution in [3.05, 3.63) is 64.8 Å². The van der Waals surface area contributed by atoms with Crippen LogP contribution in [0.3, 0.4) is 0 Å². The lowest BCUT2D eigenvalue weighted by molar-refractivity contribution is -0.119. The number of fused-ring (bicyclic) bond motifs is 1. The second-order valence-electron chi connectivity index (χ2n) is 7.68. The Morgan fingerprint density at radius 2 is 2.17 bits per heavy atom. The molecule has 0 saturated carbocycles. The summed E-state index contributed by atoms with van der Waals surface area (Å²) in [5.41, 5.74) is 5.43. The first-order chi connectivity index (χ1) is 14.1. The van der Waals surface area contributed by atoms with Crippen molar-refractivity contribution in [2.45, 2.75) is 26.2 Å². The molecule has 1 aliphatic heterocycles. The largest absolute Gasteiger partial charge is 0.485 e. The van der Waals surface area contributed by atoms with E-state index in [1.165, 1.54) is 5.56 Å². The van der Waals surface area contributed by atoms with Crippen LogP contribution in [0, 0.1) is 13.8 Å². The summed E-state index contributed by atoms with van der Waals surface area (Å²) >= 11 is 0. The molecule has 0 bridgehead atoms. The summed E-state index contributed by atoms with van der Waals surface area (Å²) in [6.07, 6.45) is 4.63. The number of nitrogens with zero attached hydrogens (tertiary/aromatic N) is 1. The smallest absolute Gasteiger partial charge is 0.191 e. The van der Waals surface area contributed by atoms with E-state index in [0.717, 1.165) is 46.4 Å². The van der Waals surface area contributed by atoms with E-state index in [1.807, 2.05) is 37.4 Å². The number of hydrogen-bond donors (Lipinski definition) is 1. The highest BCUT2D eigenvalue weighted by atomic mass is 16.5. The summed E-state index contributed by atoms with van der Waals surface area (Å²) in [6, 6.07) is 12.3. The Labute approximate surface area is 170 Å². The fourth-order valence-corrected chi connectivity index (χ4v) is 3.86. The average molecular weight is 390 g/mol. The molecule has 5 nitrogen and oxygen atoms in total. The minimum absolute atomic E-state index is 0.0253. The lowest BCUT2D eigenvalue weighted by Gasteiger charge is -2.18. The quantitative estimate of drug-likeness (QED) is 0.610. The van der Waals surface area contributed by atoms with E-state index in [0.29, 0.717) is 12.5 Å². The van der Waals surface area contributed by atoms with Crippen molar-refractivity contribution in [1.29, 1.82) is 0 Å². The Morgan fingerprint density at radius 3 is 3.00 bits per heavy atom. The molecule has 0 amide bonds. The third kappa shape index (κ3) is 4.57. The molecule has 2 heterocycles. The summed E-state index contributed by atoms with van der Waals surface area (Å²) in [7, 11) is 0. The molecule has 1 aromatic heterocycles. The molecule has 29 heavy (non-hydrogen) atoms. The summed E-state index contributed by atoms with van der Waals surface area (Å²) in [4.78, 5) is 19.8. The molecule has 1 unspecified atom stereocenters. The Bertz CT molecular complexity index is 1050. The van der Waals surface area contributed by atoms with Crippen LogP contribution in [0.2, 0.25) is 0 Å². The molecule has 1 saturated heterocycles. The number of Topliss-reactive ketones (excluding diaryl/α,β-unsaturated/α-hetero) is 1. The predicted octanol–water partition coefficient (Wildman–Crippen LogP) is 4.36. The van der Waals surface area contributed by atoms with Crippen LogP contribution in [0.25, 0.3) is 10.9 Å². The molecule has 150 valence electrons. The van der Waals surface area contributed by atoms with Crippen molar-refractivity contribution in [2.75, 3.05) is 26.4 Å². The highest BCUT2D eigenvalue weighted by molar-refractivity contribution is 5.90. The van der Waals surface area contributed by atoms with Crippen LogP contribution in [-0.2, 0) is 9.53 Å². The lowest BCUT2D eigenvalue weighted by atomic mass is 9.93. The van der Waals surface area contributed by atoms with Crippen LogP contribution in [0.5, 0.6) is 5.75 Å². The van der Waals surface area contributed by atoms with Gasteiger partial charge in [-0.3, -0.25) is 9.79 Å². The Hall–Kier alpha value is -2.92. The summed E-state index contributed by atoms with van der Waals surface area (Å²) in [5, 5.41) is 1.16. The number of ketones is 1. The molecular formula is C24H26N2O3. The van der Waals surface area contributed by atoms with Gasteiger partial charge in [-0.05, 0) is 48.9 Å². The fraction of sp³-hybridized carbons (Fsp3) is 0.333. The minimum Gasteiger partial charge on any atom is -0.485 e. The van der Waals surface area contributed by atoms with Crippen LogP contribution >= 0.6 is 0 Å². The number of aliphatic imine (C=N–C) groups is 1. The highest BCUT2D eigenvalue weighted by Crippen LogP contribution is 2.35. The van der Waals surface area contributed by atoms with E-state index >= 15 is 0 Å². The molecule has 0 radical (unpaired) electrons. The summed E-state index contributed by atoms with van der Waals surface area (Å²) in [5.74, 6) is 1.11. The van der Waals surface area contributed by atoms with E-state index in [9.17, 15) is 4.79 Å². The molecule has 5 heteroatoms. The van der Waals surface area contributed by atoms with Gasteiger partial charge < -0.3 is 14.5 Å². The van der Waals surface area contributed by atoms with Crippen LogP contribution in [0.4, 0.5) is 0 Å². The normalized spacial score (nSPS) is 16.7. The van der Waals surface area contributed by atoms with Gasteiger partial charge in [-0.2, -0.15) is 0 Å². The van der Waals surface area contributed by atoms with E-state index in [2.05, 4.69) is 29.0 Å². The molecule has 1 fully saturated rings. The van der Waals surface area contributed by atoms with Gasteiger partial charge in [-0.1, -0.05) is 29.8 Å². The van der Waals surface area contributed by atoms with Crippen molar-refractivity contribution in [1.82, 2.24) is 4.98 Å².